The maximum absolute atomic E-state index is 14.6. The number of para-hydroxylation sites is 1. The Hall–Kier alpha value is -3.60. The molecule has 1 aliphatic heterocycles. The van der Waals surface area contributed by atoms with E-state index in [9.17, 15) is 35.9 Å². The van der Waals surface area contributed by atoms with E-state index in [1.807, 2.05) is 18.2 Å². The van der Waals surface area contributed by atoms with Gasteiger partial charge in [-0.25, -0.2) is 0 Å². The number of nitrogens with one attached hydrogen (secondary N) is 1. The quantitative estimate of drug-likeness (QED) is 0.190. The lowest BCUT2D eigenvalue weighted by atomic mass is 9.78. The van der Waals surface area contributed by atoms with Crippen LogP contribution in [-0.2, 0) is 23.6 Å². The van der Waals surface area contributed by atoms with Crippen LogP contribution in [0.25, 0.3) is 10.9 Å². The molecule has 0 radical (unpaired) electrons. The molecule has 1 aliphatic carbocycles. The van der Waals surface area contributed by atoms with Crippen molar-refractivity contribution < 1.29 is 35.9 Å². The molecule has 1 saturated carbocycles. The first-order chi connectivity index (χ1) is 19.8. The number of aromatic nitrogens is 1. The summed E-state index contributed by atoms with van der Waals surface area (Å²) >= 11 is 0. The highest BCUT2D eigenvalue weighted by Crippen LogP contribution is 2.40. The molecular formula is C31H31F6N3O2. The van der Waals surface area contributed by atoms with E-state index in [1.54, 1.807) is 12.3 Å². The average Bonchev–Trinajstić information content (AvgIpc) is 3.38. The number of amides is 1. The molecule has 224 valence electrons. The molecule has 0 spiro atoms. The molecule has 1 aromatic heterocycles. The van der Waals surface area contributed by atoms with E-state index in [2.05, 4.69) is 16.5 Å². The monoisotopic (exact) mass is 591 g/mol. The first-order valence-electron chi connectivity index (χ1n) is 13.9. The SMILES string of the molecule is C=CC(=O)N1CCN(C2CCCCC2)CC1(Cc1c[nH]c2ccccc12)C(=O)c1cc(C(F)(F)F)cc(C(F)(F)F)c1. The summed E-state index contributed by atoms with van der Waals surface area (Å²) in [6, 6.07) is 8.24. The van der Waals surface area contributed by atoms with Crippen LogP contribution >= 0.6 is 0 Å². The number of Topliss-reactive ketones (excluding diaryl/α,β-unsaturated/α-hetero) is 1. The minimum atomic E-state index is -5.13. The molecule has 2 heterocycles. The van der Waals surface area contributed by atoms with Crippen molar-refractivity contribution in [1.82, 2.24) is 14.8 Å². The van der Waals surface area contributed by atoms with Crippen LogP contribution in [0.2, 0.25) is 0 Å². The molecular weight excluding hydrogens is 560 g/mol. The van der Waals surface area contributed by atoms with E-state index in [0.29, 0.717) is 24.2 Å². The summed E-state index contributed by atoms with van der Waals surface area (Å²) in [7, 11) is 0. The highest BCUT2D eigenvalue weighted by atomic mass is 19.4. The molecule has 5 nitrogen and oxygen atoms in total. The van der Waals surface area contributed by atoms with E-state index in [-0.39, 0.29) is 31.6 Å². The molecule has 11 heteroatoms. The Labute approximate surface area is 239 Å². The van der Waals surface area contributed by atoms with Crippen LogP contribution in [0.15, 0.2) is 61.3 Å². The fourth-order valence-corrected chi connectivity index (χ4v) is 6.51. The van der Waals surface area contributed by atoms with Crippen molar-refractivity contribution in [2.24, 2.45) is 0 Å². The Morgan fingerprint density at radius 1 is 0.952 bits per heavy atom. The van der Waals surface area contributed by atoms with Crippen LogP contribution in [0.5, 0.6) is 0 Å². The van der Waals surface area contributed by atoms with E-state index in [1.165, 1.54) is 4.90 Å². The number of fused-ring (bicyclic) bond motifs is 1. The minimum absolute atomic E-state index is 0.00494. The maximum Gasteiger partial charge on any atom is 0.416 e. The van der Waals surface area contributed by atoms with Crippen LogP contribution in [0.3, 0.4) is 0 Å². The van der Waals surface area contributed by atoms with Crippen molar-refractivity contribution in [3.8, 4) is 0 Å². The number of rotatable bonds is 6. The van der Waals surface area contributed by atoms with Gasteiger partial charge in [-0.2, -0.15) is 26.3 Å². The summed E-state index contributed by atoms with van der Waals surface area (Å²) in [5.74, 6) is -1.59. The highest BCUT2D eigenvalue weighted by molar-refractivity contribution is 6.07. The highest BCUT2D eigenvalue weighted by Gasteiger charge is 2.51. The molecule has 42 heavy (non-hydrogen) atoms. The van der Waals surface area contributed by atoms with Crippen molar-refractivity contribution in [1.29, 1.82) is 0 Å². The first kappa shape index (κ1) is 29.9. The number of nitrogens with zero attached hydrogens (tertiary/aromatic N) is 2. The lowest BCUT2D eigenvalue weighted by molar-refractivity contribution is -0.143. The normalized spacial score (nSPS) is 21.0. The van der Waals surface area contributed by atoms with Gasteiger partial charge < -0.3 is 9.88 Å². The van der Waals surface area contributed by atoms with Gasteiger partial charge in [-0.1, -0.05) is 44.0 Å². The molecule has 1 unspecified atom stereocenters. The van der Waals surface area contributed by atoms with Gasteiger partial charge in [0, 0.05) is 54.8 Å². The summed E-state index contributed by atoms with van der Waals surface area (Å²) in [4.78, 5) is 34.4. The Kier molecular flexibility index (Phi) is 8.00. The van der Waals surface area contributed by atoms with Gasteiger partial charge >= 0.3 is 12.4 Å². The number of ketones is 1. The van der Waals surface area contributed by atoms with Gasteiger partial charge in [-0.15, -0.1) is 0 Å². The van der Waals surface area contributed by atoms with Gasteiger partial charge in [0.25, 0.3) is 0 Å². The fourth-order valence-electron chi connectivity index (χ4n) is 6.51. The molecule has 3 aromatic rings. The van der Waals surface area contributed by atoms with Crippen molar-refractivity contribution in [3.05, 3.63) is 83.6 Å². The fraction of sp³-hybridized carbons (Fsp3) is 0.419. The zero-order valence-corrected chi connectivity index (χ0v) is 22.8. The molecule has 2 aliphatic rings. The molecule has 1 saturated heterocycles. The minimum Gasteiger partial charge on any atom is -0.361 e. The zero-order valence-electron chi connectivity index (χ0n) is 22.8. The largest absolute Gasteiger partial charge is 0.416 e. The Balaban J connectivity index is 1.71. The van der Waals surface area contributed by atoms with Gasteiger partial charge in [0.05, 0.1) is 11.1 Å². The number of alkyl halides is 6. The Morgan fingerprint density at radius 3 is 2.21 bits per heavy atom. The van der Waals surface area contributed by atoms with Crippen molar-refractivity contribution >= 4 is 22.6 Å². The molecule has 2 aromatic carbocycles. The van der Waals surface area contributed by atoms with Crippen LogP contribution in [0.1, 0.15) is 59.2 Å². The topological polar surface area (TPSA) is 56.4 Å². The smallest absolute Gasteiger partial charge is 0.361 e. The number of carbonyl (C=O) groups excluding carboxylic acids is 2. The van der Waals surface area contributed by atoms with Crippen LogP contribution in [-0.4, -0.2) is 57.7 Å². The molecule has 1 N–H and O–H groups in total. The molecule has 5 rings (SSSR count). The average molecular weight is 592 g/mol. The second-order valence-electron chi connectivity index (χ2n) is 11.1. The van der Waals surface area contributed by atoms with Crippen LogP contribution in [0, 0.1) is 0 Å². The number of hydrogen-bond donors (Lipinski definition) is 1. The van der Waals surface area contributed by atoms with E-state index < -0.39 is 46.3 Å². The third-order valence-corrected chi connectivity index (χ3v) is 8.55. The number of benzene rings is 2. The number of H-pyrrole nitrogens is 1. The number of aromatic amines is 1. The first-order valence-corrected chi connectivity index (χ1v) is 13.9. The number of hydrogen-bond acceptors (Lipinski definition) is 3. The second-order valence-corrected chi connectivity index (χ2v) is 11.1. The van der Waals surface area contributed by atoms with Gasteiger partial charge in [-0.3, -0.25) is 14.5 Å². The van der Waals surface area contributed by atoms with Crippen molar-refractivity contribution in [3.63, 3.8) is 0 Å². The second kappa shape index (κ2) is 11.2. The van der Waals surface area contributed by atoms with Crippen LogP contribution in [0.4, 0.5) is 26.3 Å². The van der Waals surface area contributed by atoms with Crippen molar-refractivity contribution in [2.75, 3.05) is 19.6 Å². The van der Waals surface area contributed by atoms with Crippen molar-refractivity contribution in [2.45, 2.75) is 62.5 Å². The summed E-state index contributed by atoms with van der Waals surface area (Å²) in [6.07, 6.45) is -2.95. The maximum atomic E-state index is 14.6. The number of carbonyl (C=O) groups is 2. The van der Waals surface area contributed by atoms with Gasteiger partial charge in [-0.05, 0) is 48.7 Å². The number of piperazine rings is 1. The van der Waals surface area contributed by atoms with Gasteiger partial charge in [0.15, 0.2) is 5.78 Å². The number of halogens is 6. The summed E-state index contributed by atoms with van der Waals surface area (Å²) in [6.45, 7) is 4.02. The Morgan fingerprint density at radius 2 is 1.60 bits per heavy atom. The molecule has 1 atom stereocenters. The third-order valence-electron chi connectivity index (χ3n) is 8.55. The predicted molar refractivity (Wildman–Crippen MR) is 146 cm³/mol. The van der Waals surface area contributed by atoms with Gasteiger partial charge in [0.2, 0.25) is 5.91 Å². The zero-order chi connectivity index (χ0) is 30.3. The van der Waals surface area contributed by atoms with E-state index in [0.717, 1.165) is 49.1 Å². The van der Waals surface area contributed by atoms with Gasteiger partial charge in [0.1, 0.15) is 5.54 Å². The standard InChI is InChI=1S/C31H31F6N3O2/c1-2-27(41)40-13-12-39(24-8-4-3-5-9-24)19-29(40,17-21-18-38-26-11-7-6-10-25(21)26)28(42)20-14-22(30(32,33)34)16-23(15-20)31(35,36)37/h2,6-7,10-11,14-16,18,24,38H,1,3-5,8-9,12-13,17,19H2. The predicted octanol–water partition coefficient (Wildman–Crippen LogP) is 7.03. The molecule has 0 bridgehead atoms. The molecule has 1 amide bonds. The summed E-state index contributed by atoms with van der Waals surface area (Å²) < 4.78 is 82.9. The lowest BCUT2D eigenvalue weighted by Gasteiger charge is -2.52. The summed E-state index contributed by atoms with van der Waals surface area (Å²) in [5.41, 5.74) is -4.33. The molecule has 2 fully saturated rings. The van der Waals surface area contributed by atoms with E-state index >= 15 is 0 Å². The Bertz CT molecular complexity index is 1460. The lowest BCUT2D eigenvalue weighted by Crippen LogP contribution is -2.69. The summed E-state index contributed by atoms with van der Waals surface area (Å²) in [5, 5.41) is 0.741. The third kappa shape index (κ3) is 5.71. The van der Waals surface area contributed by atoms with E-state index in [4.69, 9.17) is 0 Å². The van der Waals surface area contributed by atoms with Crippen LogP contribution < -0.4 is 0 Å².